The van der Waals surface area contributed by atoms with Crippen molar-refractivity contribution in [1.29, 1.82) is 0 Å². The molecular formula is C17H14F3N5O4S2. The van der Waals surface area contributed by atoms with E-state index in [1.807, 2.05) is 0 Å². The molecule has 0 aliphatic carbocycles. The lowest BCUT2D eigenvalue weighted by Gasteiger charge is -2.31. The highest BCUT2D eigenvalue weighted by Gasteiger charge is 2.43. The maximum absolute atomic E-state index is 14.6. The van der Waals surface area contributed by atoms with Gasteiger partial charge in [-0.2, -0.15) is 13.1 Å². The molecule has 2 aromatic rings. The topological polar surface area (TPSA) is 138 Å². The van der Waals surface area contributed by atoms with Crippen molar-refractivity contribution in [3.8, 4) is 0 Å². The molecule has 0 amide bonds. The first-order valence-corrected chi connectivity index (χ1v) is 11.1. The summed E-state index contributed by atoms with van der Waals surface area (Å²) in [4.78, 5) is 22.0. The number of hydrogen-bond donors (Lipinski definition) is 3. The summed E-state index contributed by atoms with van der Waals surface area (Å²) in [5, 5.41) is 16.9. The first kappa shape index (κ1) is 21.4. The molecule has 0 bridgehead atoms. The number of nitrogens with one attached hydrogen (secondary N) is 1. The van der Waals surface area contributed by atoms with Crippen LogP contribution in [0.2, 0.25) is 0 Å². The number of hydrogen-bond acceptors (Lipinski definition) is 7. The first-order valence-electron chi connectivity index (χ1n) is 8.71. The highest BCUT2D eigenvalue weighted by molar-refractivity contribution is 7.87. The zero-order valence-electron chi connectivity index (χ0n) is 15.4. The molecule has 0 radical (unpaired) electrons. The van der Waals surface area contributed by atoms with Crippen LogP contribution in [-0.2, 0) is 15.0 Å². The highest BCUT2D eigenvalue weighted by atomic mass is 32.2. The maximum atomic E-state index is 14.6. The van der Waals surface area contributed by atoms with Gasteiger partial charge in [-0.15, -0.1) is 11.3 Å². The predicted octanol–water partition coefficient (Wildman–Crippen LogP) is 1.27. The Balaban J connectivity index is 1.90. The summed E-state index contributed by atoms with van der Waals surface area (Å²) in [6, 6.07) is -0.692. The lowest BCUT2D eigenvalue weighted by Crippen LogP contribution is -2.42. The molecule has 0 saturated carbocycles. The molecule has 1 aromatic carbocycles. The second-order valence-corrected chi connectivity index (χ2v) is 9.02. The van der Waals surface area contributed by atoms with Crippen LogP contribution in [0.5, 0.6) is 0 Å². The maximum Gasteiger partial charge on any atom is 0.335 e. The molecule has 164 valence electrons. The Morgan fingerprint density at radius 3 is 2.65 bits per heavy atom. The van der Waals surface area contributed by atoms with Crippen molar-refractivity contribution in [3.63, 3.8) is 0 Å². The van der Waals surface area contributed by atoms with Gasteiger partial charge in [0.25, 0.3) is 10.2 Å². The number of nitrogens with two attached hydrogens (primary N) is 1. The monoisotopic (exact) mass is 473 g/mol. The fourth-order valence-corrected chi connectivity index (χ4v) is 4.92. The van der Waals surface area contributed by atoms with E-state index >= 15 is 0 Å². The third kappa shape index (κ3) is 3.94. The van der Waals surface area contributed by atoms with Gasteiger partial charge in [0.05, 0.1) is 5.57 Å². The number of carbonyl (C=O) groups is 1. The number of nitrogens with zero attached hydrogens (tertiary/aromatic N) is 3. The smallest absolute Gasteiger partial charge is 0.335 e. The molecule has 31 heavy (non-hydrogen) atoms. The average Bonchev–Trinajstić information content (AvgIpc) is 3.33. The molecule has 1 aromatic heterocycles. The zero-order chi connectivity index (χ0) is 22.5. The van der Waals surface area contributed by atoms with Gasteiger partial charge in [0.15, 0.2) is 28.3 Å². The molecule has 4 rings (SSSR count). The minimum atomic E-state index is -4.09. The van der Waals surface area contributed by atoms with Crippen LogP contribution in [0.3, 0.4) is 0 Å². The lowest BCUT2D eigenvalue weighted by molar-refractivity contribution is -0.133. The molecule has 0 spiro atoms. The predicted molar refractivity (Wildman–Crippen MR) is 104 cm³/mol. The van der Waals surface area contributed by atoms with Crippen LogP contribution in [0.25, 0.3) is 0 Å². The van der Waals surface area contributed by atoms with E-state index in [2.05, 4.69) is 14.7 Å². The number of halogens is 3. The molecule has 2 atom stereocenters. The summed E-state index contributed by atoms with van der Waals surface area (Å²) in [6.45, 7) is -0.00601. The first-order chi connectivity index (χ1) is 14.6. The number of carboxylic acid groups (broad SMARTS) is 1. The fourth-order valence-electron chi connectivity index (χ4n) is 3.66. The SMILES string of the molecule is NS(=O)(=O)N[C@H]1CC2=C(C(=O)O)[C@H](c3ccc(F)c(F)c3F)N=C(c3nccs3)N2C1. The Hall–Kier alpha value is -2.81. The molecule has 1 fully saturated rings. The second kappa shape index (κ2) is 7.71. The van der Waals surface area contributed by atoms with Gasteiger partial charge >= 0.3 is 5.97 Å². The van der Waals surface area contributed by atoms with Crippen LogP contribution in [0.1, 0.15) is 23.0 Å². The van der Waals surface area contributed by atoms with Crippen molar-refractivity contribution in [1.82, 2.24) is 14.6 Å². The van der Waals surface area contributed by atoms with Crippen molar-refractivity contribution in [2.24, 2.45) is 10.1 Å². The van der Waals surface area contributed by atoms with Gasteiger partial charge in [-0.25, -0.2) is 28.1 Å². The number of rotatable bonds is 5. The van der Waals surface area contributed by atoms with E-state index in [9.17, 15) is 31.5 Å². The van der Waals surface area contributed by atoms with Crippen molar-refractivity contribution in [2.75, 3.05) is 6.54 Å². The number of carboxylic acids is 1. The Morgan fingerprint density at radius 2 is 2.03 bits per heavy atom. The van der Waals surface area contributed by atoms with Crippen LogP contribution in [0.4, 0.5) is 13.2 Å². The van der Waals surface area contributed by atoms with E-state index in [-0.39, 0.29) is 30.1 Å². The summed E-state index contributed by atoms with van der Waals surface area (Å²) in [5.41, 5.74) is -0.715. The molecule has 1 saturated heterocycles. The molecular weight excluding hydrogens is 459 g/mol. The number of benzene rings is 1. The fraction of sp³-hybridized carbons (Fsp3) is 0.235. The van der Waals surface area contributed by atoms with Gasteiger partial charge in [0.1, 0.15) is 6.04 Å². The van der Waals surface area contributed by atoms with E-state index in [0.29, 0.717) is 11.1 Å². The van der Waals surface area contributed by atoms with E-state index < -0.39 is 51.3 Å². The number of amidine groups is 1. The van der Waals surface area contributed by atoms with Crippen molar-refractivity contribution < 1.29 is 31.5 Å². The standard InChI is InChI=1S/C17H14F3N5O4S2/c18-9-2-1-8(12(19)13(9)20)14-11(17(26)27)10-5-7(24-31(21,28)29)6-25(10)15(23-14)16-22-3-4-30-16/h1-4,7,14,24H,5-6H2,(H,26,27)(H2,21,28,29)/t7-,14-/m0/s1. The van der Waals surface area contributed by atoms with Gasteiger partial charge in [-0.05, 0) is 6.07 Å². The van der Waals surface area contributed by atoms with Gasteiger partial charge in [0, 0.05) is 41.8 Å². The van der Waals surface area contributed by atoms with Crippen LogP contribution >= 0.6 is 11.3 Å². The minimum Gasteiger partial charge on any atom is -0.478 e. The van der Waals surface area contributed by atoms with Crippen molar-refractivity contribution in [2.45, 2.75) is 18.5 Å². The van der Waals surface area contributed by atoms with Gasteiger partial charge in [-0.3, -0.25) is 4.99 Å². The Morgan fingerprint density at radius 1 is 1.29 bits per heavy atom. The van der Waals surface area contributed by atoms with Crippen LogP contribution in [0, 0.1) is 17.5 Å². The van der Waals surface area contributed by atoms with Gasteiger partial charge in [0.2, 0.25) is 0 Å². The number of thiazole rings is 1. The van der Waals surface area contributed by atoms with Gasteiger partial charge in [-0.1, -0.05) is 6.07 Å². The zero-order valence-corrected chi connectivity index (χ0v) is 17.1. The summed E-state index contributed by atoms with van der Waals surface area (Å²) in [5.74, 6) is -6.04. The largest absolute Gasteiger partial charge is 0.478 e. The molecule has 9 nitrogen and oxygen atoms in total. The third-order valence-corrected chi connectivity index (χ3v) is 6.24. The molecule has 2 aliphatic rings. The van der Waals surface area contributed by atoms with E-state index in [1.165, 1.54) is 11.1 Å². The highest BCUT2D eigenvalue weighted by Crippen LogP contribution is 2.41. The molecule has 3 heterocycles. The Labute approximate surface area is 177 Å². The molecule has 14 heteroatoms. The summed E-state index contributed by atoms with van der Waals surface area (Å²) >= 11 is 1.16. The third-order valence-electron chi connectivity index (χ3n) is 4.80. The van der Waals surface area contributed by atoms with Crippen LogP contribution in [0.15, 0.2) is 40.0 Å². The summed E-state index contributed by atoms with van der Waals surface area (Å²) in [6.07, 6.45) is 1.38. The molecule has 0 unspecified atom stereocenters. The quantitative estimate of drug-likeness (QED) is 0.559. The summed E-state index contributed by atoms with van der Waals surface area (Å²) < 4.78 is 67.0. The number of aliphatic carboxylic acids is 1. The average molecular weight is 473 g/mol. The Bertz CT molecular complexity index is 1230. The Kier molecular flexibility index (Phi) is 5.33. The minimum absolute atomic E-state index is 0.00601. The summed E-state index contributed by atoms with van der Waals surface area (Å²) in [7, 11) is -4.09. The van der Waals surface area contributed by atoms with Gasteiger partial charge < -0.3 is 10.0 Å². The van der Waals surface area contributed by atoms with E-state index in [1.54, 1.807) is 5.38 Å². The second-order valence-electron chi connectivity index (χ2n) is 6.80. The van der Waals surface area contributed by atoms with Crippen LogP contribution in [-0.4, -0.2) is 47.8 Å². The molecule has 2 aliphatic heterocycles. The number of aliphatic imine (C=N–C) groups is 1. The normalized spacial score (nSPS) is 21.3. The lowest BCUT2D eigenvalue weighted by atomic mass is 9.94. The number of fused-ring (bicyclic) bond motifs is 1. The van der Waals surface area contributed by atoms with Crippen LogP contribution < -0.4 is 9.86 Å². The van der Waals surface area contributed by atoms with E-state index in [0.717, 1.165) is 17.4 Å². The van der Waals surface area contributed by atoms with Crippen molar-refractivity contribution in [3.05, 3.63) is 63.0 Å². The van der Waals surface area contributed by atoms with Crippen molar-refractivity contribution >= 4 is 33.4 Å². The van der Waals surface area contributed by atoms with E-state index in [4.69, 9.17) is 5.14 Å². The number of aromatic nitrogens is 1. The molecule has 4 N–H and O–H groups in total.